The first-order valence-electron chi connectivity index (χ1n) is 3.88. The molecule has 4 nitrogen and oxygen atoms in total. The Balaban J connectivity index is 3.83. The van der Waals surface area contributed by atoms with Crippen molar-refractivity contribution in [1.29, 1.82) is 0 Å². The van der Waals surface area contributed by atoms with Crippen LogP contribution in [0, 0.1) is 0 Å². The average molecular weight is 173 g/mol. The van der Waals surface area contributed by atoms with Crippen LogP contribution >= 0.6 is 0 Å². The monoisotopic (exact) mass is 173 g/mol. The van der Waals surface area contributed by atoms with E-state index < -0.39 is 11.7 Å². The van der Waals surface area contributed by atoms with Crippen molar-refractivity contribution in [2.24, 2.45) is 0 Å². The molecular formula is C8H15NO3. The lowest BCUT2D eigenvalue weighted by Crippen LogP contribution is -2.35. The molecule has 0 saturated heterocycles. The van der Waals surface area contributed by atoms with E-state index in [1.165, 1.54) is 0 Å². The van der Waals surface area contributed by atoms with Crippen LogP contribution in [-0.2, 0) is 9.53 Å². The summed E-state index contributed by atoms with van der Waals surface area (Å²) in [6, 6.07) is 0. The highest BCUT2D eigenvalue weighted by Crippen LogP contribution is 2.06. The molecule has 2 amide bonds. The Morgan fingerprint density at radius 3 is 2.17 bits per heavy atom. The molecule has 4 heteroatoms. The maximum atomic E-state index is 10.9. The zero-order valence-corrected chi connectivity index (χ0v) is 7.93. The van der Waals surface area contributed by atoms with Crippen LogP contribution in [0.2, 0.25) is 0 Å². The first-order chi connectivity index (χ1) is 5.35. The van der Waals surface area contributed by atoms with E-state index in [0.29, 0.717) is 0 Å². The van der Waals surface area contributed by atoms with E-state index in [0.717, 1.165) is 0 Å². The van der Waals surface area contributed by atoms with Crippen LogP contribution in [0.3, 0.4) is 0 Å². The van der Waals surface area contributed by atoms with Gasteiger partial charge in [-0.1, -0.05) is 6.92 Å². The molecule has 0 heterocycles. The number of imide groups is 1. The molecule has 0 aliphatic rings. The minimum Gasteiger partial charge on any atom is -0.444 e. The fourth-order valence-corrected chi connectivity index (χ4v) is 0.506. The van der Waals surface area contributed by atoms with E-state index in [-0.39, 0.29) is 12.3 Å². The molecule has 0 aromatic heterocycles. The van der Waals surface area contributed by atoms with Gasteiger partial charge in [-0.2, -0.15) is 0 Å². The molecule has 0 aromatic rings. The number of carbonyl (C=O) groups excluding carboxylic acids is 2. The zero-order valence-electron chi connectivity index (χ0n) is 7.93. The number of amides is 2. The highest BCUT2D eigenvalue weighted by atomic mass is 16.6. The Bertz CT molecular complexity index is 181. The molecule has 0 saturated carbocycles. The summed E-state index contributed by atoms with van der Waals surface area (Å²) in [7, 11) is 0. The maximum Gasteiger partial charge on any atom is 0.414 e. The Kier molecular flexibility index (Phi) is 3.73. The van der Waals surface area contributed by atoms with Gasteiger partial charge >= 0.3 is 6.09 Å². The van der Waals surface area contributed by atoms with E-state index in [9.17, 15) is 9.59 Å². The number of ether oxygens (including phenoxy) is 1. The van der Waals surface area contributed by atoms with E-state index in [1.807, 2.05) is 0 Å². The Labute approximate surface area is 72.3 Å². The lowest BCUT2D eigenvalue weighted by molar-refractivity contribution is -0.120. The van der Waals surface area contributed by atoms with Gasteiger partial charge < -0.3 is 4.74 Å². The molecule has 0 atom stereocenters. The minimum atomic E-state index is -0.686. The number of alkyl carbamates (subject to hydrolysis) is 1. The predicted molar refractivity (Wildman–Crippen MR) is 44.7 cm³/mol. The normalized spacial score (nSPS) is 10.7. The van der Waals surface area contributed by atoms with Crippen LogP contribution in [0.5, 0.6) is 0 Å². The zero-order chi connectivity index (χ0) is 9.78. The van der Waals surface area contributed by atoms with E-state index in [4.69, 9.17) is 4.74 Å². The third-order valence-electron chi connectivity index (χ3n) is 0.961. The molecule has 0 aliphatic carbocycles. The first kappa shape index (κ1) is 10.9. The van der Waals surface area contributed by atoms with Crippen LogP contribution in [-0.4, -0.2) is 17.6 Å². The van der Waals surface area contributed by atoms with Crippen molar-refractivity contribution in [3.8, 4) is 0 Å². The lowest BCUT2D eigenvalue weighted by atomic mass is 10.2. The Hall–Kier alpha value is -1.06. The maximum absolute atomic E-state index is 10.9. The van der Waals surface area contributed by atoms with Crippen LogP contribution in [0.15, 0.2) is 0 Å². The summed E-state index contributed by atoms with van der Waals surface area (Å²) in [6.45, 7) is 6.88. The average Bonchev–Trinajstić information content (AvgIpc) is 1.82. The number of hydrogen-bond donors (Lipinski definition) is 1. The molecule has 12 heavy (non-hydrogen) atoms. The third kappa shape index (κ3) is 5.70. The molecule has 70 valence electrons. The van der Waals surface area contributed by atoms with Crippen molar-refractivity contribution in [1.82, 2.24) is 5.32 Å². The fourth-order valence-electron chi connectivity index (χ4n) is 0.506. The molecule has 0 rings (SSSR count). The van der Waals surface area contributed by atoms with Gasteiger partial charge in [0.15, 0.2) is 0 Å². The highest BCUT2D eigenvalue weighted by Gasteiger charge is 2.16. The van der Waals surface area contributed by atoms with Crippen molar-refractivity contribution in [2.45, 2.75) is 39.7 Å². The second-order valence-corrected chi connectivity index (χ2v) is 3.40. The summed E-state index contributed by atoms with van der Waals surface area (Å²) in [4.78, 5) is 21.6. The summed E-state index contributed by atoms with van der Waals surface area (Å²) in [6.07, 6.45) is -0.409. The van der Waals surface area contributed by atoms with Gasteiger partial charge in [0.05, 0.1) is 0 Å². The number of nitrogens with one attached hydrogen (secondary N) is 1. The largest absolute Gasteiger partial charge is 0.444 e. The molecule has 1 N–H and O–H groups in total. The predicted octanol–water partition coefficient (Wildman–Crippen LogP) is 1.45. The second-order valence-electron chi connectivity index (χ2n) is 3.40. The highest BCUT2D eigenvalue weighted by molar-refractivity contribution is 5.91. The van der Waals surface area contributed by atoms with Crippen LogP contribution in [0.1, 0.15) is 34.1 Å². The van der Waals surface area contributed by atoms with Gasteiger partial charge in [0.2, 0.25) is 5.91 Å². The molecule has 0 spiro atoms. The standard InChI is InChI=1S/C8H15NO3/c1-5-6(10)9-7(11)12-8(2,3)4/h5H2,1-4H3,(H,9,10,11). The van der Waals surface area contributed by atoms with Gasteiger partial charge in [-0.15, -0.1) is 0 Å². The Morgan fingerprint density at radius 2 is 1.83 bits per heavy atom. The van der Waals surface area contributed by atoms with E-state index in [2.05, 4.69) is 5.32 Å². The van der Waals surface area contributed by atoms with Crippen molar-refractivity contribution in [3.05, 3.63) is 0 Å². The topological polar surface area (TPSA) is 55.4 Å². The molecule has 0 bridgehead atoms. The van der Waals surface area contributed by atoms with Crippen molar-refractivity contribution >= 4 is 12.0 Å². The van der Waals surface area contributed by atoms with Gasteiger partial charge in [-0.3, -0.25) is 10.1 Å². The smallest absolute Gasteiger partial charge is 0.414 e. The molecule has 0 radical (unpaired) electrons. The number of carbonyl (C=O) groups is 2. The summed E-state index contributed by atoms with van der Waals surface area (Å²) >= 11 is 0. The SMILES string of the molecule is CCC(=O)NC(=O)OC(C)(C)C. The third-order valence-corrected chi connectivity index (χ3v) is 0.961. The lowest BCUT2D eigenvalue weighted by Gasteiger charge is -2.18. The molecule has 0 fully saturated rings. The molecular weight excluding hydrogens is 158 g/mol. The number of rotatable bonds is 1. The van der Waals surface area contributed by atoms with Gasteiger partial charge in [0, 0.05) is 6.42 Å². The summed E-state index contributed by atoms with van der Waals surface area (Å²) in [5.74, 6) is -0.329. The summed E-state index contributed by atoms with van der Waals surface area (Å²) in [5, 5.41) is 2.09. The molecule has 0 aliphatic heterocycles. The summed E-state index contributed by atoms with van der Waals surface area (Å²) < 4.78 is 4.84. The van der Waals surface area contributed by atoms with Gasteiger partial charge in [-0.05, 0) is 20.8 Å². The van der Waals surface area contributed by atoms with Crippen molar-refractivity contribution in [3.63, 3.8) is 0 Å². The number of hydrogen-bond acceptors (Lipinski definition) is 3. The summed E-state index contributed by atoms with van der Waals surface area (Å²) in [5.41, 5.74) is -0.557. The van der Waals surface area contributed by atoms with Crippen molar-refractivity contribution in [2.75, 3.05) is 0 Å². The van der Waals surface area contributed by atoms with E-state index in [1.54, 1.807) is 27.7 Å². The minimum absolute atomic E-state index is 0.277. The van der Waals surface area contributed by atoms with Crippen molar-refractivity contribution < 1.29 is 14.3 Å². The van der Waals surface area contributed by atoms with Crippen LogP contribution in [0.25, 0.3) is 0 Å². The second kappa shape index (κ2) is 4.09. The van der Waals surface area contributed by atoms with Gasteiger partial charge in [0.1, 0.15) is 5.60 Å². The quantitative estimate of drug-likeness (QED) is 0.652. The van der Waals surface area contributed by atoms with Crippen LogP contribution in [0.4, 0.5) is 4.79 Å². The van der Waals surface area contributed by atoms with Gasteiger partial charge in [-0.25, -0.2) is 4.79 Å². The molecule has 0 unspecified atom stereocenters. The molecule has 0 aromatic carbocycles. The van der Waals surface area contributed by atoms with Crippen LogP contribution < -0.4 is 5.32 Å². The fraction of sp³-hybridized carbons (Fsp3) is 0.750. The Morgan fingerprint density at radius 1 is 1.33 bits per heavy atom. The first-order valence-corrected chi connectivity index (χ1v) is 3.88. The van der Waals surface area contributed by atoms with Gasteiger partial charge in [0.25, 0.3) is 0 Å². The van der Waals surface area contributed by atoms with E-state index >= 15 is 0 Å².